The molecule has 0 atom stereocenters. The minimum atomic E-state index is -4.25. The lowest BCUT2D eigenvalue weighted by atomic mass is 9.99. The Balaban J connectivity index is 0.00000529. The lowest BCUT2D eigenvalue weighted by Gasteiger charge is -2.39. The standard InChI is InChI=1S/C29H36F3N5O4S2.H2/c1-5-27(3,4)36(20-42-6-2)25-22(26(38)35-43(39,40)21-10-8-7-9-11-21)12-13-23(33-25)37-18-14-24(34-37)41-19-17-28(15-16-28)29(30,31)32;/h7-14,18H,5-6,15-17,19-20H2,1-4H3,(H,35,38);1H. The summed E-state index contributed by atoms with van der Waals surface area (Å²) in [6.07, 6.45) is -1.92. The van der Waals surface area contributed by atoms with Gasteiger partial charge in [-0.3, -0.25) is 4.79 Å². The van der Waals surface area contributed by atoms with Crippen LogP contribution in [0.4, 0.5) is 19.0 Å². The minimum Gasteiger partial charge on any atom is -0.477 e. The molecule has 3 aromatic rings. The first-order valence-electron chi connectivity index (χ1n) is 14.0. The monoisotopic (exact) mass is 641 g/mol. The second-order valence-corrected chi connectivity index (χ2v) is 13.9. The Morgan fingerprint density at radius 2 is 1.84 bits per heavy atom. The van der Waals surface area contributed by atoms with Gasteiger partial charge in [0, 0.05) is 19.2 Å². The molecular formula is C29H38F3N5O4S2. The molecule has 0 radical (unpaired) electrons. The third-order valence-corrected chi connectivity index (χ3v) is 9.94. The highest BCUT2D eigenvalue weighted by atomic mass is 32.2. The number of thioether (sulfide) groups is 1. The van der Waals surface area contributed by atoms with E-state index in [-0.39, 0.29) is 49.5 Å². The molecule has 1 aliphatic carbocycles. The highest BCUT2D eigenvalue weighted by Crippen LogP contribution is 2.59. The number of hydrogen-bond acceptors (Lipinski definition) is 8. The van der Waals surface area contributed by atoms with Crippen LogP contribution in [0.25, 0.3) is 5.82 Å². The summed E-state index contributed by atoms with van der Waals surface area (Å²) in [5, 5.41) is 4.33. The topological polar surface area (TPSA) is 106 Å². The number of carbonyl (C=O) groups excluding carboxylic acids is 1. The minimum absolute atomic E-state index is 0. The highest BCUT2D eigenvalue weighted by molar-refractivity contribution is 7.99. The third kappa shape index (κ3) is 7.46. The van der Waals surface area contributed by atoms with Crippen LogP contribution in [0.5, 0.6) is 5.88 Å². The molecule has 14 heteroatoms. The van der Waals surface area contributed by atoms with E-state index < -0.39 is 33.1 Å². The SMILES string of the molecule is CCSCN(c1nc(-n2ccc(OCCC3(C(F)(F)F)CC3)n2)ccc1C(=O)NS(=O)(=O)c1ccccc1)C(C)(C)CC.[HH]. The van der Waals surface area contributed by atoms with Gasteiger partial charge in [0.2, 0.25) is 5.88 Å². The van der Waals surface area contributed by atoms with Gasteiger partial charge in [0.15, 0.2) is 5.82 Å². The molecule has 1 saturated carbocycles. The van der Waals surface area contributed by atoms with E-state index in [0.717, 1.165) is 5.75 Å². The fourth-order valence-corrected chi connectivity index (χ4v) is 6.19. The molecular weight excluding hydrogens is 603 g/mol. The number of ether oxygens (including phenoxy) is 1. The van der Waals surface area contributed by atoms with Crippen molar-refractivity contribution in [3.8, 4) is 11.7 Å². The first-order valence-corrected chi connectivity index (χ1v) is 16.6. The molecule has 1 aliphatic rings. The number of carbonyl (C=O) groups is 1. The number of amides is 1. The van der Waals surface area contributed by atoms with Crippen LogP contribution >= 0.6 is 11.8 Å². The Labute approximate surface area is 255 Å². The largest absolute Gasteiger partial charge is 0.477 e. The average Bonchev–Trinajstić information content (AvgIpc) is 3.63. The smallest absolute Gasteiger partial charge is 0.394 e. The summed E-state index contributed by atoms with van der Waals surface area (Å²) in [4.78, 5) is 20.2. The van der Waals surface area contributed by atoms with Crippen LogP contribution in [-0.2, 0) is 10.0 Å². The van der Waals surface area contributed by atoms with Gasteiger partial charge in [-0.05, 0) is 69.5 Å². The van der Waals surface area contributed by atoms with Crippen LogP contribution in [0.15, 0.2) is 59.6 Å². The Bertz CT molecular complexity index is 1530. The molecule has 0 bridgehead atoms. The molecule has 1 fully saturated rings. The summed E-state index contributed by atoms with van der Waals surface area (Å²) in [6, 6.07) is 12.1. The predicted molar refractivity (Wildman–Crippen MR) is 162 cm³/mol. The molecule has 43 heavy (non-hydrogen) atoms. The van der Waals surface area contributed by atoms with Crippen molar-refractivity contribution < 1.29 is 32.5 Å². The number of aromatic nitrogens is 3. The molecule has 2 heterocycles. The van der Waals surface area contributed by atoms with Crippen LogP contribution in [0.2, 0.25) is 0 Å². The molecule has 0 aliphatic heterocycles. The van der Waals surface area contributed by atoms with E-state index >= 15 is 0 Å². The third-order valence-electron chi connectivity index (χ3n) is 7.75. The van der Waals surface area contributed by atoms with E-state index in [1.807, 2.05) is 32.6 Å². The van der Waals surface area contributed by atoms with E-state index in [1.54, 1.807) is 36.2 Å². The van der Waals surface area contributed by atoms with Crippen molar-refractivity contribution in [3.63, 3.8) is 0 Å². The van der Waals surface area contributed by atoms with Crippen LogP contribution in [-0.4, -0.2) is 59.0 Å². The van der Waals surface area contributed by atoms with Gasteiger partial charge in [0.25, 0.3) is 15.9 Å². The predicted octanol–water partition coefficient (Wildman–Crippen LogP) is 6.45. The van der Waals surface area contributed by atoms with E-state index in [2.05, 4.69) is 9.82 Å². The molecule has 1 N–H and O–H groups in total. The molecule has 1 aromatic carbocycles. The number of nitrogens with zero attached hydrogens (tertiary/aromatic N) is 4. The van der Waals surface area contributed by atoms with Gasteiger partial charge in [0.05, 0.1) is 28.4 Å². The molecule has 236 valence electrons. The van der Waals surface area contributed by atoms with Crippen LogP contribution in [0.1, 0.15) is 65.2 Å². The van der Waals surface area contributed by atoms with Gasteiger partial charge in [0.1, 0.15) is 5.82 Å². The molecule has 4 rings (SSSR count). The summed E-state index contributed by atoms with van der Waals surface area (Å²) in [7, 11) is -4.15. The molecule has 2 aromatic heterocycles. The Kier molecular flexibility index (Phi) is 9.69. The van der Waals surface area contributed by atoms with Crippen molar-refractivity contribution in [3.05, 3.63) is 60.3 Å². The number of sulfonamides is 1. The van der Waals surface area contributed by atoms with Gasteiger partial charge < -0.3 is 9.64 Å². The Morgan fingerprint density at radius 1 is 1.14 bits per heavy atom. The zero-order valence-electron chi connectivity index (χ0n) is 24.5. The van der Waals surface area contributed by atoms with Crippen LogP contribution in [0, 0.1) is 5.41 Å². The van der Waals surface area contributed by atoms with E-state index in [9.17, 15) is 26.4 Å². The number of nitrogens with one attached hydrogen (secondary N) is 1. The van der Waals surface area contributed by atoms with E-state index in [1.165, 1.54) is 35.0 Å². The lowest BCUT2D eigenvalue weighted by Crippen LogP contribution is -2.45. The summed E-state index contributed by atoms with van der Waals surface area (Å²) in [5.74, 6) is 1.18. The molecule has 0 saturated heterocycles. The summed E-state index contributed by atoms with van der Waals surface area (Å²) in [6.45, 7) is 7.91. The second-order valence-electron chi connectivity index (χ2n) is 11.0. The number of hydrogen-bond donors (Lipinski definition) is 1. The number of halogens is 3. The summed E-state index contributed by atoms with van der Waals surface area (Å²) >= 11 is 1.62. The molecule has 0 unspecified atom stereocenters. The quantitative estimate of drug-likeness (QED) is 0.200. The van der Waals surface area contributed by atoms with Crippen molar-refractivity contribution in [1.82, 2.24) is 19.5 Å². The van der Waals surface area contributed by atoms with Gasteiger partial charge in [-0.25, -0.2) is 22.8 Å². The fraction of sp³-hybridized carbons (Fsp3) is 0.483. The van der Waals surface area contributed by atoms with Crippen LogP contribution in [0.3, 0.4) is 0 Å². The summed E-state index contributed by atoms with van der Waals surface area (Å²) < 4.78 is 74.8. The molecule has 0 spiro atoms. The normalized spacial score (nSPS) is 14.8. The van der Waals surface area contributed by atoms with E-state index in [0.29, 0.717) is 18.1 Å². The highest BCUT2D eigenvalue weighted by Gasteiger charge is 2.62. The number of rotatable bonds is 14. The number of anilines is 1. The summed E-state index contributed by atoms with van der Waals surface area (Å²) in [5.41, 5.74) is -2.06. The number of benzene rings is 1. The van der Waals surface area contributed by atoms with Gasteiger partial charge >= 0.3 is 6.18 Å². The van der Waals surface area contributed by atoms with Gasteiger partial charge in [-0.15, -0.1) is 16.9 Å². The van der Waals surface area contributed by atoms with Crippen molar-refractivity contribution in [1.29, 1.82) is 0 Å². The van der Waals surface area contributed by atoms with Crippen LogP contribution < -0.4 is 14.4 Å². The lowest BCUT2D eigenvalue weighted by molar-refractivity contribution is -0.190. The van der Waals surface area contributed by atoms with Gasteiger partial charge in [-0.1, -0.05) is 32.0 Å². The Hall–Kier alpha value is -3.26. The average molecular weight is 642 g/mol. The maximum absolute atomic E-state index is 13.5. The Morgan fingerprint density at radius 3 is 2.44 bits per heavy atom. The first kappa shape index (κ1) is 32.6. The van der Waals surface area contributed by atoms with Crippen molar-refractivity contribution in [2.75, 3.05) is 23.1 Å². The molecule has 1 amide bonds. The zero-order chi connectivity index (χ0) is 31.5. The maximum atomic E-state index is 13.5. The maximum Gasteiger partial charge on any atom is 0.394 e. The second kappa shape index (κ2) is 12.8. The van der Waals surface area contributed by atoms with Crippen molar-refractivity contribution in [2.24, 2.45) is 5.41 Å². The van der Waals surface area contributed by atoms with Gasteiger partial charge in [-0.2, -0.15) is 13.2 Å². The number of alkyl halides is 3. The molecule has 9 nitrogen and oxygen atoms in total. The first-order chi connectivity index (χ1) is 20.2. The van der Waals surface area contributed by atoms with Crippen molar-refractivity contribution in [2.45, 2.75) is 70.0 Å². The van der Waals surface area contributed by atoms with E-state index in [4.69, 9.17) is 9.72 Å². The number of pyridine rings is 1. The fourth-order valence-electron chi connectivity index (χ4n) is 4.37. The van der Waals surface area contributed by atoms with Crippen molar-refractivity contribution >= 4 is 33.5 Å². The zero-order valence-corrected chi connectivity index (χ0v) is 26.2.